The van der Waals surface area contributed by atoms with Crippen molar-refractivity contribution in [2.75, 3.05) is 41.8 Å². The summed E-state index contributed by atoms with van der Waals surface area (Å²) >= 11 is 0. The Hall–Kier alpha value is -4.65. The van der Waals surface area contributed by atoms with Crippen LogP contribution in [0.25, 0.3) is 11.3 Å². The molecule has 3 N–H and O–H groups in total. The van der Waals surface area contributed by atoms with Gasteiger partial charge in [0, 0.05) is 54.6 Å². The number of hydrogen-bond donors (Lipinski definition) is 3. The lowest BCUT2D eigenvalue weighted by molar-refractivity contribution is -0.137. The van der Waals surface area contributed by atoms with Crippen LogP contribution < -0.4 is 20.3 Å². The van der Waals surface area contributed by atoms with Gasteiger partial charge in [-0.1, -0.05) is 0 Å². The van der Waals surface area contributed by atoms with Gasteiger partial charge in [-0.15, -0.1) is 0 Å². The van der Waals surface area contributed by atoms with Crippen LogP contribution in [0.4, 0.5) is 39.4 Å². The number of H-pyrrole nitrogens is 1. The molecule has 0 saturated carbocycles. The highest BCUT2D eigenvalue weighted by Crippen LogP contribution is 2.35. The quantitative estimate of drug-likeness (QED) is 0.262. The zero-order valence-electron chi connectivity index (χ0n) is 20.3. The number of nitrogens with one attached hydrogen (secondary N) is 3. The summed E-state index contributed by atoms with van der Waals surface area (Å²) in [6.45, 7) is 1.59. The Morgan fingerprint density at radius 3 is 2.54 bits per heavy atom. The monoisotopic (exact) mass is 542 g/mol. The second-order valence-corrected chi connectivity index (χ2v) is 8.55. The number of benzene rings is 2. The predicted molar refractivity (Wildman–Crippen MR) is 135 cm³/mol. The average Bonchev–Trinajstić information content (AvgIpc) is 3.46. The maximum absolute atomic E-state index is 14.8. The Morgan fingerprint density at radius 1 is 1.03 bits per heavy atom. The molecule has 5 rings (SSSR count). The molecule has 2 aromatic heterocycles. The van der Waals surface area contributed by atoms with Crippen LogP contribution in [0.2, 0.25) is 0 Å². The summed E-state index contributed by atoms with van der Waals surface area (Å²) in [5, 5.41) is 11.2. The van der Waals surface area contributed by atoms with Gasteiger partial charge in [-0.3, -0.25) is 10.1 Å². The van der Waals surface area contributed by atoms with Crippen molar-refractivity contribution in [3.63, 3.8) is 0 Å². The van der Waals surface area contributed by atoms with Gasteiger partial charge in [-0.05, 0) is 36.4 Å². The third-order valence-corrected chi connectivity index (χ3v) is 5.83. The SMILES string of the molecule is O=C(Nc1cc(N2CCOCC2)cc(C(F)(F)F)c1)Nc1ccc(Oc2ccnc(-c3cn[nH]c3)c2)cc1F. The van der Waals surface area contributed by atoms with E-state index in [0.29, 0.717) is 43.4 Å². The third-order valence-electron chi connectivity index (χ3n) is 5.83. The zero-order valence-corrected chi connectivity index (χ0v) is 20.3. The van der Waals surface area contributed by atoms with E-state index >= 15 is 0 Å². The van der Waals surface area contributed by atoms with Crippen LogP contribution in [0.5, 0.6) is 11.5 Å². The summed E-state index contributed by atoms with van der Waals surface area (Å²) in [5.74, 6) is -0.236. The van der Waals surface area contributed by atoms with Gasteiger partial charge >= 0.3 is 12.2 Å². The van der Waals surface area contributed by atoms with Gasteiger partial charge in [0.25, 0.3) is 0 Å². The van der Waals surface area contributed by atoms with Crippen molar-refractivity contribution in [2.24, 2.45) is 0 Å². The molecule has 0 spiro atoms. The largest absolute Gasteiger partial charge is 0.457 e. The number of urea groups is 1. The number of aromatic amines is 1. The third kappa shape index (κ3) is 6.44. The second-order valence-electron chi connectivity index (χ2n) is 8.55. The fourth-order valence-electron chi connectivity index (χ4n) is 3.96. The topological polar surface area (TPSA) is 104 Å². The van der Waals surface area contributed by atoms with E-state index in [1.54, 1.807) is 29.4 Å². The van der Waals surface area contributed by atoms with E-state index in [0.717, 1.165) is 23.8 Å². The standard InChI is InChI=1S/C26H22F4N6O3/c27-22-12-20(39-21-3-4-31-24(13-21)16-14-32-33-15-16)1-2-23(22)35-25(37)34-18-9-17(26(28,29)30)10-19(11-18)36-5-7-38-8-6-36/h1-4,9-15H,5-8H2,(H,32,33)(H2,34,35,37). The summed E-state index contributed by atoms with van der Waals surface area (Å²) in [6, 6.07) is 9.43. The number of halogens is 4. The first-order chi connectivity index (χ1) is 18.7. The number of aromatic nitrogens is 3. The normalized spacial score (nSPS) is 13.7. The number of alkyl halides is 3. The maximum atomic E-state index is 14.8. The van der Waals surface area contributed by atoms with E-state index in [1.807, 2.05) is 0 Å². The Kier molecular flexibility index (Phi) is 7.32. The Bertz CT molecular complexity index is 1460. The highest BCUT2D eigenvalue weighted by atomic mass is 19.4. The first-order valence-corrected chi connectivity index (χ1v) is 11.8. The van der Waals surface area contributed by atoms with Crippen molar-refractivity contribution in [2.45, 2.75) is 6.18 Å². The van der Waals surface area contributed by atoms with Crippen LogP contribution in [0.15, 0.2) is 67.1 Å². The zero-order chi connectivity index (χ0) is 27.4. The van der Waals surface area contributed by atoms with Crippen molar-refractivity contribution < 1.29 is 31.8 Å². The van der Waals surface area contributed by atoms with Crippen LogP contribution in [-0.4, -0.2) is 47.5 Å². The molecule has 202 valence electrons. The molecule has 0 aliphatic carbocycles. The van der Waals surface area contributed by atoms with Gasteiger partial charge in [0.1, 0.15) is 17.3 Å². The molecule has 0 atom stereocenters. The van der Waals surface area contributed by atoms with Gasteiger partial charge in [0.05, 0.1) is 36.4 Å². The van der Waals surface area contributed by atoms with E-state index in [2.05, 4.69) is 25.8 Å². The minimum absolute atomic E-state index is 0.0877. The molecule has 2 aromatic carbocycles. The van der Waals surface area contributed by atoms with E-state index in [4.69, 9.17) is 9.47 Å². The Morgan fingerprint density at radius 2 is 1.82 bits per heavy atom. The number of morpholine rings is 1. The lowest BCUT2D eigenvalue weighted by atomic mass is 10.1. The van der Waals surface area contributed by atoms with Crippen molar-refractivity contribution in [1.29, 1.82) is 0 Å². The van der Waals surface area contributed by atoms with E-state index < -0.39 is 23.6 Å². The molecule has 0 bridgehead atoms. The molecule has 9 nitrogen and oxygen atoms in total. The molecule has 0 radical (unpaired) electrons. The number of carbonyl (C=O) groups is 1. The lowest BCUT2D eigenvalue weighted by Gasteiger charge is -2.29. The summed E-state index contributed by atoms with van der Waals surface area (Å²) in [5.41, 5.74) is 0.451. The number of amides is 2. The maximum Gasteiger partial charge on any atom is 0.416 e. The molecule has 2 amide bonds. The number of carbonyl (C=O) groups excluding carboxylic acids is 1. The van der Waals surface area contributed by atoms with Gasteiger partial charge < -0.3 is 25.0 Å². The second kappa shape index (κ2) is 11.0. The molecule has 3 heterocycles. The molecule has 1 aliphatic rings. The van der Waals surface area contributed by atoms with Crippen LogP contribution in [0, 0.1) is 5.82 Å². The van der Waals surface area contributed by atoms with E-state index in [1.165, 1.54) is 24.4 Å². The van der Waals surface area contributed by atoms with E-state index in [9.17, 15) is 22.4 Å². The fraction of sp³-hybridized carbons (Fsp3) is 0.192. The lowest BCUT2D eigenvalue weighted by Crippen LogP contribution is -2.36. The van der Waals surface area contributed by atoms with E-state index in [-0.39, 0.29) is 17.1 Å². The number of anilines is 3. The molecule has 4 aromatic rings. The van der Waals surface area contributed by atoms with Gasteiger partial charge in [-0.25, -0.2) is 9.18 Å². The summed E-state index contributed by atoms with van der Waals surface area (Å²) in [7, 11) is 0. The number of nitrogens with zero attached hydrogens (tertiary/aromatic N) is 3. The number of hydrogen-bond acceptors (Lipinski definition) is 6. The minimum atomic E-state index is -4.62. The van der Waals surface area contributed by atoms with Crippen LogP contribution in [-0.2, 0) is 10.9 Å². The molecular weight excluding hydrogens is 520 g/mol. The van der Waals surface area contributed by atoms with Crippen LogP contribution in [0.3, 0.4) is 0 Å². The molecule has 0 unspecified atom stereocenters. The average molecular weight is 542 g/mol. The Labute approximate surface area is 219 Å². The first-order valence-electron chi connectivity index (χ1n) is 11.8. The van der Waals surface area contributed by atoms with Gasteiger partial charge in [-0.2, -0.15) is 18.3 Å². The minimum Gasteiger partial charge on any atom is -0.457 e. The molecule has 1 fully saturated rings. The molecular formula is C26H22F4N6O3. The molecule has 13 heteroatoms. The van der Waals surface area contributed by atoms with Crippen molar-refractivity contribution in [3.05, 3.63) is 78.5 Å². The molecule has 39 heavy (non-hydrogen) atoms. The van der Waals surface area contributed by atoms with Crippen LogP contribution >= 0.6 is 0 Å². The smallest absolute Gasteiger partial charge is 0.416 e. The number of rotatable bonds is 6. The van der Waals surface area contributed by atoms with Crippen LogP contribution in [0.1, 0.15) is 5.56 Å². The first kappa shape index (κ1) is 26.0. The van der Waals surface area contributed by atoms with Gasteiger partial charge in [0.15, 0.2) is 0 Å². The fourth-order valence-corrected chi connectivity index (χ4v) is 3.96. The summed E-state index contributed by atoms with van der Waals surface area (Å²) in [4.78, 5) is 18.5. The highest BCUT2D eigenvalue weighted by molar-refractivity contribution is 6.00. The molecule has 1 aliphatic heterocycles. The highest BCUT2D eigenvalue weighted by Gasteiger charge is 2.32. The van der Waals surface area contributed by atoms with Crippen molar-refractivity contribution in [1.82, 2.24) is 15.2 Å². The predicted octanol–water partition coefficient (Wildman–Crippen LogP) is 5.90. The van der Waals surface area contributed by atoms with Crippen molar-refractivity contribution >= 4 is 23.1 Å². The number of pyridine rings is 1. The summed E-state index contributed by atoms with van der Waals surface area (Å²) in [6.07, 6.45) is 0.179. The summed E-state index contributed by atoms with van der Waals surface area (Å²) < 4.78 is 66.2. The Balaban J connectivity index is 1.27. The molecule has 1 saturated heterocycles. The number of ether oxygens (including phenoxy) is 2. The van der Waals surface area contributed by atoms with Gasteiger partial charge in [0.2, 0.25) is 0 Å². The van der Waals surface area contributed by atoms with Crippen molar-refractivity contribution in [3.8, 4) is 22.8 Å².